The zero-order valence-electron chi connectivity index (χ0n) is 9.91. The molecular formula is C14H13BrClNO. The van der Waals surface area contributed by atoms with E-state index in [1.165, 1.54) is 0 Å². The molecule has 18 heavy (non-hydrogen) atoms. The summed E-state index contributed by atoms with van der Waals surface area (Å²) in [6, 6.07) is 11.2. The Morgan fingerprint density at radius 1 is 1.22 bits per heavy atom. The Labute approximate surface area is 120 Å². The predicted octanol–water partition coefficient (Wildman–Crippen LogP) is 4.57. The molecule has 0 aliphatic heterocycles. The summed E-state index contributed by atoms with van der Waals surface area (Å²) >= 11 is 9.38. The zero-order valence-corrected chi connectivity index (χ0v) is 12.3. The molecule has 0 aliphatic rings. The first-order chi connectivity index (χ1) is 8.56. The predicted molar refractivity (Wildman–Crippen MR) is 79.1 cm³/mol. The number of hydrogen-bond donors (Lipinski definition) is 1. The number of rotatable bonds is 3. The number of halogens is 2. The first-order valence-corrected chi connectivity index (χ1v) is 6.66. The smallest absolute Gasteiger partial charge is 0.120 e. The largest absolute Gasteiger partial charge is 0.489 e. The van der Waals surface area contributed by atoms with E-state index < -0.39 is 0 Å². The monoisotopic (exact) mass is 325 g/mol. The highest BCUT2D eigenvalue weighted by molar-refractivity contribution is 9.10. The van der Waals surface area contributed by atoms with Gasteiger partial charge in [-0.25, -0.2) is 0 Å². The topological polar surface area (TPSA) is 35.2 Å². The minimum atomic E-state index is 0.410. The lowest BCUT2D eigenvalue weighted by molar-refractivity contribution is 0.306. The summed E-state index contributed by atoms with van der Waals surface area (Å²) in [5.74, 6) is 0.815. The highest BCUT2D eigenvalue weighted by Crippen LogP contribution is 2.24. The fourth-order valence-corrected chi connectivity index (χ4v) is 2.01. The van der Waals surface area contributed by atoms with Gasteiger partial charge in [0.1, 0.15) is 12.4 Å². The van der Waals surface area contributed by atoms with Gasteiger partial charge in [0.15, 0.2) is 0 Å². The van der Waals surface area contributed by atoms with Gasteiger partial charge < -0.3 is 10.5 Å². The molecule has 2 aromatic rings. The van der Waals surface area contributed by atoms with Gasteiger partial charge in [-0.3, -0.25) is 0 Å². The van der Waals surface area contributed by atoms with Crippen LogP contribution in [0.3, 0.4) is 0 Å². The summed E-state index contributed by atoms with van der Waals surface area (Å²) in [5.41, 5.74) is 8.57. The van der Waals surface area contributed by atoms with E-state index in [0.717, 1.165) is 21.3 Å². The highest BCUT2D eigenvalue weighted by Gasteiger charge is 2.03. The van der Waals surface area contributed by atoms with Crippen molar-refractivity contribution >= 4 is 33.2 Å². The number of benzene rings is 2. The van der Waals surface area contributed by atoms with E-state index in [2.05, 4.69) is 15.9 Å². The first-order valence-electron chi connectivity index (χ1n) is 5.49. The molecule has 2 aromatic carbocycles. The van der Waals surface area contributed by atoms with Crippen molar-refractivity contribution in [2.24, 2.45) is 0 Å². The number of aryl methyl sites for hydroxylation is 1. The van der Waals surface area contributed by atoms with Crippen molar-refractivity contribution in [3.05, 3.63) is 57.0 Å². The van der Waals surface area contributed by atoms with Crippen LogP contribution in [-0.4, -0.2) is 0 Å². The molecular weight excluding hydrogens is 314 g/mol. The molecule has 0 fully saturated rings. The molecule has 2 nitrogen and oxygen atoms in total. The average molecular weight is 327 g/mol. The Bertz CT molecular complexity index is 572. The molecule has 0 saturated heterocycles. The molecule has 0 bridgehead atoms. The fourth-order valence-electron chi connectivity index (χ4n) is 1.57. The number of nitrogens with two attached hydrogens (primary N) is 1. The lowest BCUT2D eigenvalue weighted by Gasteiger charge is -2.10. The minimum absolute atomic E-state index is 0.410. The molecule has 0 saturated carbocycles. The van der Waals surface area contributed by atoms with Crippen LogP contribution >= 0.6 is 27.5 Å². The molecule has 0 aromatic heterocycles. The summed E-state index contributed by atoms with van der Waals surface area (Å²) in [4.78, 5) is 0. The Morgan fingerprint density at radius 2 is 2.00 bits per heavy atom. The maximum absolute atomic E-state index is 5.93. The second-order valence-corrected chi connectivity index (χ2v) is 5.33. The van der Waals surface area contributed by atoms with Crippen molar-refractivity contribution in [1.29, 1.82) is 0 Å². The molecule has 2 N–H and O–H groups in total. The molecule has 0 amide bonds. The molecule has 0 spiro atoms. The van der Waals surface area contributed by atoms with E-state index in [1.807, 2.05) is 31.2 Å². The molecule has 0 radical (unpaired) electrons. The van der Waals surface area contributed by atoms with E-state index in [0.29, 0.717) is 17.3 Å². The van der Waals surface area contributed by atoms with Gasteiger partial charge in [0, 0.05) is 20.7 Å². The van der Waals surface area contributed by atoms with E-state index >= 15 is 0 Å². The van der Waals surface area contributed by atoms with Crippen LogP contribution in [0, 0.1) is 6.92 Å². The second kappa shape index (κ2) is 5.63. The normalized spacial score (nSPS) is 10.4. The number of nitrogen functional groups attached to an aromatic ring is 1. The Morgan fingerprint density at radius 3 is 2.72 bits per heavy atom. The third kappa shape index (κ3) is 3.18. The lowest BCUT2D eigenvalue weighted by atomic mass is 10.2. The van der Waals surface area contributed by atoms with Gasteiger partial charge in [0.2, 0.25) is 0 Å². The van der Waals surface area contributed by atoms with Gasteiger partial charge in [0.05, 0.1) is 0 Å². The van der Waals surface area contributed by atoms with Crippen LogP contribution in [0.1, 0.15) is 11.1 Å². The van der Waals surface area contributed by atoms with Crippen LogP contribution in [-0.2, 0) is 6.61 Å². The van der Waals surface area contributed by atoms with E-state index in [-0.39, 0.29) is 0 Å². The van der Waals surface area contributed by atoms with Crippen LogP contribution in [0.15, 0.2) is 40.9 Å². The summed E-state index contributed by atoms with van der Waals surface area (Å²) in [5, 5.41) is 0.662. The van der Waals surface area contributed by atoms with Crippen LogP contribution in [0.5, 0.6) is 5.75 Å². The summed E-state index contributed by atoms with van der Waals surface area (Å²) in [6.07, 6.45) is 0. The van der Waals surface area contributed by atoms with Crippen molar-refractivity contribution < 1.29 is 4.74 Å². The second-order valence-electron chi connectivity index (χ2n) is 4.04. The molecule has 94 valence electrons. The molecule has 0 aliphatic carbocycles. The van der Waals surface area contributed by atoms with Crippen LogP contribution < -0.4 is 10.5 Å². The van der Waals surface area contributed by atoms with Crippen molar-refractivity contribution in [2.45, 2.75) is 13.5 Å². The van der Waals surface area contributed by atoms with Gasteiger partial charge >= 0.3 is 0 Å². The zero-order chi connectivity index (χ0) is 13.1. The van der Waals surface area contributed by atoms with E-state index in [9.17, 15) is 0 Å². The highest BCUT2D eigenvalue weighted by atomic mass is 79.9. The Kier molecular flexibility index (Phi) is 4.15. The van der Waals surface area contributed by atoms with Gasteiger partial charge in [-0.15, -0.1) is 0 Å². The van der Waals surface area contributed by atoms with Crippen LogP contribution in [0.2, 0.25) is 5.02 Å². The quantitative estimate of drug-likeness (QED) is 0.838. The van der Waals surface area contributed by atoms with Gasteiger partial charge in [0.25, 0.3) is 0 Å². The SMILES string of the molecule is Cc1cc(OCc2cc(Cl)ccc2N)ccc1Br. The molecule has 2 rings (SSSR count). The standard InChI is InChI=1S/C14H13BrClNO/c1-9-6-12(3-4-13(9)15)18-8-10-7-11(16)2-5-14(10)17/h2-7H,8,17H2,1H3. The third-order valence-corrected chi connectivity index (χ3v) is 3.75. The molecule has 0 heterocycles. The van der Waals surface area contributed by atoms with Crippen molar-refractivity contribution in [3.63, 3.8) is 0 Å². The van der Waals surface area contributed by atoms with Gasteiger partial charge in [-0.1, -0.05) is 27.5 Å². The van der Waals surface area contributed by atoms with Crippen molar-refractivity contribution in [1.82, 2.24) is 0 Å². The minimum Gasteiger partial charge on any atom is -0.489 e. The Hall–Kier alpha value is -1.19. The number of hydrogen-bond acceptors (Lipinski definition) is 2. The van der Waals surface area contributed by atoms with E-state index in [1.54, 1.807) is 12.1 Å². The lowest BCUT2D eigenvalue weighted by Crippen LogP contribution is -2.00. The summed E-state index contributed by atoms with van der Waals surface area (Å²) < 4.78 is 6.77. The van der Waals surface area contributed by atoms with Gasteiger partial charge in [-0.2, -0.15) is 0 Å². The molecule has 4 heteroatoms. The fraction of sp³-hybridized carbons (Fsp3) is 0.143. The molecule has 0 unspecified atom stereocenters. The number of anilines is 1. The van der Waals surface area contributed by atoms with Crippen LogP contribution in [0.4, 0.5) is 5.69 Å². The van der Waals surface area contributed by atoms with Crippen molar-refractivity contribution in [2.75, 3.05) is 5.73 Å². The average Bonchev–Trinajstić information content (AvgIpc) is 2.34. The molecule has 0 atom stereocenters. The first kappa shape index (κ1) is 13.2. The summed E-state index contributed by atoms with van der Waals surface area (Å²) in [6.45, 7) is 2.43. The Balaban J connectivity index is 2.11. The summed E-state index contributed by atoms with van der Waals surface area (Å²) in [7, 11) is 0. The number of ether oxygens (including phenoxy) is 1. The van der Waals surface area contributed by atoms with Gasteiger partial charge in [-0.05, 0) is 48.9 Å². The maximum atomic E-state index is 5.93. The maximum Gasteiger partial charge on any atom is 0.120 e. The van der Waals surface area contributed by atoms with Crippen molar-refractivity contribution in [3.8, 4) is 5.75 Å². The van der Waals surface area contributed by atoms with Crippen LogP contribution in [0.25, 0.3) is 0 Å². The van der Waals surface area contributed by atoms with E-state index in [4.69, 9.17) is 22.1 Å². The third-order valence-electron chi connectivity index (χ3n) is 2.63.